The summed E-state index contributed by atoms with van der Waals surface area (Å²) in [4.78, 5) is 16.5. The monoisotopic (exact) mass is 235 g/mol. The first-order valence-electron chi connectivity index (χ1n) is 6.42. The van der Waals surface area contributed by atoms with E-state index in [1.165, 1.54) is 0 Å². The van der Waals surface area contributed by atoms with Gasteiger partial charge in [-0.05, 0) is 19.9 Å². The summed E-state index contributed by atoms with van der Waals surface area (Å²) >= 11 is 0. The van der Waals surface area contributed by atoms with Gasteiger partial charge in [-0.25, -0.2) is 0 Å². The molecule has 2 aliphatic heterocycles. The Balaban J connectivity index is 1.82. The molecule has 4 nitrogen and oxygen atoms in total. The van der Waals surface area contributed by atoms with Crippen LogP contribution in [-0.4, -0.2) is 61.5 Å². The van der Waals surface area contributed by atoms with Gasteiger partial charge in [-0.15, -0.1) is 5.92 Å². The smallest absolute Gasteiger partial charge is 0.227 e. The average Bonchev–Trinajstić information content (AvgIpc) is 2.85. The molecular weight excluding hydrogens is 214 g/mol. The van der Waals surface area contributed by atoms with Crippen LogP contribution in [0.5, 0.6) is 0 Å². The second-order valence-electron chi connectivity index (χ2n) is 4.72. The molecule has 2 aliphatic rings. The van der Waals surface area contributed by atoms with Gasteiger partial charge in [-0.2, -0.15) is 0 Å². The first-order chi connectivity index (χ1) is 8.31. The number of piperazine rings is 1. The number of carbonyl (C=O) groups is 1. The van der Waals surface area contributed by atoms with Crippen LogP contribution in [0.2, 0.25) is 0 Å². The van der Waals surface area contributed by atoms with Crippen molar-refractivity contribution in [2.75, 3.05) is 45.8 Å². The first kappa shape index (κ1) is 12.4. The molecule has 0 radical (unpaired) electrons. The molecule has 0 bridgehead atoms. The summed E-state index contributed by atoms with van der Waals surface area (Å²) in [5.41, 5.74) is 0. The number of rotatable bonds is 2. The van der Waals surface area contributed by atoms with Crippen molar-refractivity contribution in [1.29, 1.82) is 0 Å². The Morgan fingerprint density at radius 3 is 2.82 bits per heavy atom. The summed E-state index contributed by atoms with van der Waals surface area (Å²) in [6.07, 6.45) is 0.994. The van der Waals surface area contributed by atoms with Crippen LogP contribution in [0.3, 0.4) is 0 Å². The molecule has 0 spiro atoms. The highest BCUT2D eigenvalue weighted by Gasteiger charge is 2.31. The van der Waals surface area contributed by atoms with Gasteiger partial charge in [0.05, 0.1) is 12.5 Å². The molecule has 1 unspecified atom stereocenters. The van der Waals surface area contributed by atoms with Crippen molar-refractivity contribution in [2.24, 2.45) is 5.92 Å². The number of hydrogen-bond donors (Lipinski definition) is 1. The highest BCUT2D eigenvalue weighted by molar-refractivity contribution is 5.79. The number of nitrogens with zero attached hydrogens (tertiary/aromatic N) is 2. The van der Waals surface area contributed by atoms with E-state index in [0.29, 0.717) is 5.91 Å². The van der Waals surface area contributed by atoms with Crippen LogP contribution < -0.4 is 5.32 Å². The fraction of sp³-hybridized carbons (Fsp3) is 0.769. The summed E-state index contributed by atoms with van der Waals surface area (Å²) in [7, 11) is 0. The largest absolute Gasteiger partial charge is 0.340 e. The zero-order valence-corrected chi connectivity index (χ0v) is 10.5. The highest BCUT2D eigenvalue weighted by Crippen LogP contribution is 2.18. The minimum absolute atomic E-state index is 0.201. The molecule has 1 atom stereocenters. The maximum atomic E-state index is 12.3. The van der Waals surface area contributed by atoms with E-state index in [1.54, 1.807) is 0 Å². The van der Waals surface area contributed by atoms with E-state index >= 15 is 0 Å². The van der Waals surface area contributed by atoms with Crippen LogP contribution in [-0.2, 0) is 4.79 Å². The van der Waals surface area contributed by atoms with Gasteiger partial charge in [0.1, 0.15) is 0 Å². The van der Waals surface area contributed by atoms with Crippen molar-refractivity contribution in [1.82, 2.24) is 15.1 Å². The number of likely N-dealkylation sites (tertiary alicyclic amines) is 1. The Labute approximate surface area is 103 Å². The molecule has 0 aromatic carbocycles. The quantitative estimate of drug-likeness (QED) is 0.671. The van der Waals surface area contributed by atoms with E-state index in [0.717, 1.165) is 52.2 Å². The van der Waals surface area contributed by atoms with E-state index in [9.17, 15) is 4.79 Å². The normalized spacial score (nSPS) is 25.5. The lowest BCUT2D eigenvalue weighted by Gasteiger charge is -2.29. The van der Waals surface area contributed by atoms with Gasteiger partial charge in [0, 0.05) is 32.7 Å². The summed E-state index contributed by atoms with van der Waals surface area (Å²) in [6.45, 7) is 8.16. The summed E-state index contributed by atoms with van der Waals surface area (Å²) < 4.78 is 0. The maximum Gasteiger partial charge on any atom is 0.227 e. The van der Waals surface area contributed by atoms with E-state index in [1.807, 2.05) is 11.8 Å². The lowest BCUT2D eigenvalue weighted by Crippen LogP contribution is -2.48. The lowest BCUT2D eigenvalue weighted by molar-refractivity contribution is -0.135. The van der Waals surface area contributed by atoms with Crippen molar-refractivity contribution in [3.63, 3.8) is 0 Å². The van der Waals surface area contributed by atoms with Gasteiger partial charge in [0.15, 0.2) is 0 Å². The van der Waals surface area contributed by atoms with Gasteiger partial charge in [-0.1, -0.05) is 5.92 Å². The van der Waals surface area contributed by atoms with Gasteiger partial charge < -0.3 is 10.2 Å². The van der Waals surface area contributed by atoms with Crippen LogP contribution in [0.15, 0.2) is 0 Å². The van der Waals surface area contributed by atoms with E-state index in [4.69, 9.17) is 0 Å². The van der Waals surface area contributed by atoms with Crippen molar-refractivity contribution in [2.45, 2.75) is 13.3 Å². The van der Waals surface area contributed by atoms with Gasteiger partial charge in [-0.3, -0.25) is 9.69 Å². The van der Waals surface area contributed by atoms with Crippen LogP contribution in [0, 0.1) is 17.8 Å². The molecule has 0 aromatic rings. The molecule has 2 fully saturated rings. The van der Waals surface area contributed by atoms with Gasteiger partial charge in [0.2, 0.25) is 5.91 Å². The predicted octanol–water partition coefficient (Wildman–Crippen LogP) is -0.237. The standard InChI is InChI=1S/C13H21N3O/c1-2-3-7-15-8-4-12(11-15)13(17)16-9-5-14-6-10-16/h12,14H,4-11H2,1H3. The summed E-state index contributed by atoms with van der Waals surface area (Å²) in [5.74, 6) is 6.52. The van der Waals surface area contributed by atoms with Crippen molar-refractivity contribution >= 4 is 5.91 Å². The number of amides is 1. The molecule has 17 heavy (non-hydrogen) atoms. The van der Waals surface area contributed by atoms with Crippen molar-refractivity contribution in [3.8, 4) is 11.8 Å². The fourth-order valence-electron chi connectivity index (χ4n) is 2.51. The first-order valence-corrected chi connectivity index (χ1v) is 6.42. The molecule has 2 rings (SSSR count). The van der Waals surface area contributed by atoms with E-state index in [-0.39, 0.29) is 5.92 Å². The van der Waals surface area contributed by atoms with Crippen molar-refractivity contribution < 1.29 is 4.79 Å². The van der Waals surface area contributed by atoms with Crippen LogP contribution in [0.25, 0.3) is 0 Å². The van der Waals surface area contributed by atoms with Gasteiger partial charge in [0.25, 0.3) is 0 Å². The number of hydrogen-bond acceptors (Lipinski definition) is 3. The van der Waals surface area contributed by atoms with Crippen LogP contribution in [0.1, 0.15) is 13.3 Å². The summed E-state index contributed by atoms with van der Waals surface area (Å²) in [6, 6.07) is 0. The Kier molecular flexibility index (Phi) is 4.41. The molecule has 1 N–H and O–H groups in total. The van der Waals surface area contributed by atoms with Crippen LogP contribution in [0.4, 0.5) is 0 Å². The molecule has 1 amide bonds. The SMILES string of the molecule is CC#CCN1CCC(C(=O)N2CCNCC2)C1. The number of carbonyl (C=O) groups excluding carboxylic acids is 1. The Morgan fingerprint density at radius 1 is 1.35 bits per heavy atom. The third-order valence-corrected chi connectivity index (χ3v) is 3.53. The predicted molar refractivity (Wildman–Crippen MR) is 67.4 cm³/mol. The third-order valence-electron chi connectivity index (χ3n) is 3.53. The molecule has 94 valence electrons. The molecule has 4 heteroatoms. The minimum Gasteiger partial charge on any atom is -0.340 e. The number of nitrogens with one attached hydrogen (secondary N) is 1. The maximum absolute atomic E-state index is 12.3. The Morgan fingerprint density at radius 2 is 2.12 bits per heavy atom. The Hall–Kier alpha value is -1.05. The van der Waals surface area contributed by atoms with Crippen LogP contribution >= 0.6 is 0 Å². The van der Waals surface area contributed by atoms with Gasteiger partial charge >= 0.3 is 0 Å². The van der Waals surface area contributed by atoms with E-state index in [2.05, 4.69) is 22.1 Å². The average molecular weight is 235 g/mol. The topological polar surface area (TPSA) is 35.6 Å². The molecule has 0 aliphatic carbocycles. The zero-order chi connectivity index (χ0) is 12.1. The third kappa shape index (κ3) is 3.21. The zero-order valence-electron chi connectivity index (χ0n) is 10.5. The molecule has 2 saturated heterocycles. The molecule has 0 aromatic heterocycles. The second-order valence-corrected chi connectivity index (χ2v) is 4.72. The second kappa shape index (κ2) is 6.04. The Bertz CT molecular complexity index is 325. The lowest BCUT2D eigenvalue weighted by atomic mass is 10.1. The molecular formula is C13H21N3O. The minimum atomic E-state index is 0.201. The highest BCUT2D eigenvalue weighted by atomic mass is 16.2. The molecule has 0 saturated carbocycles. The van der Waals surface area contributed by atoms with Crippen molar-refractivity contribution in [3.05, 3.63) is 0 Å². The summed E-state index contributed by atoms with van der Waals surface area (Å²) in [5, 5.41) is 3.27. The van der Waals surface area contributed by atoms with E-state index < -0.39 is 0 Å². The molecule has 2 heterocycles. The fourth-order valence-corrected chi connectivity index (χ4v) is 2.51.